The molecule has 1 aromatic rings. The third kappa shape index (κ3) is 4.84. The average Bonchev–Trinajstić information content (AvgIpc) is 2.26. The van der Waals surface area contributed by atoms with E-state index in [4.69, 9.17) is 0 Å². The smallest absolute Gasteiger partial charge is 0.127 e. The van der Waals surface area contributed by atoms with E-state index in [1.54, 1.807) is 6.07 Å². The lowest BCUT2D eigenvalue weighted by Gasteiger charge is -2.22. The molecular formula is C14H23FN2. The first-order valence-electron chi connectivity index (χ1n) is 6.16. The van der Waals surface area contributed by atoms with Crippen molar-refractivity contribution in [1.82, 2.24) is 10.2 Å². The fourth-order valence-corrected chi connectivity index (χ4v) is 1.88. The van der Waals surface area contributed by atoms with Crippen LogP contribution >= 0.6 is 0 Å². The molecule has 0 aliphatic carbocycles. The standard InChI is InChI=1S/C14H23FN2/c1-11(9-10-17(3)4)16-12(2)13-7-5-6-8-14(13)15/h5-8,11-12,16H,9-10H2,1-4H3. The molecule has 3 heteroatoms. The molecule has 2 nitrogen and oxygen atoms in total. The maximum absolute atomic E-state index is 13.6. The lowest BCUT2D eigenvalue weighted by atomic mass is 10.1. The molecule has 2 atom stereocenters. The number of halogens is 1. The van der Waals surface area contributed by atoms with Crippen LogP contribution in [-0.4, -0.2) is 31.6 Å². The maximum atomic E-state index is 13.6. The third-order valence-corrected chi connectivity index (χ3v) is 2.92. The molecule has 0 radical (unpaired) electrons. The van der Waals surface area contributed by atoms with Gasteiger partial charge in [-0.1, -0.05) is 18.2 Å². The first kappa shape index (κ1) is 14.1. The Morgan fingerprint density at radius 2 is 1.88 bits per heavy atom. The van der Waals surface area contributed by atoms with Gasteiger partial charge in [0.05, 0.1) is 0 Å². The second-order valence-electron chi connectivity index (χ2n) is 4.90. The van der Waals surface area contributed by atoms with Crippen molar-refractivity contribution in [2.24, 2.45) is 0 Å². The summed E-state index contributed by atoms with van der Waals surface area (Å²) >= 11 is 0. The number of nitrogens with zero attached hydrogens (tertiary/aromatic N) is 1. The van der Waals surface area contributed by atoms with Crippen molar-refractivity contribution in [3.8, 4) is 0 Å². The largest absolute Gasteiger partial charge is 0.309 e. The minimum absolute atomic E-state index is 0.0494. The van der Waals surface area contributed by atoms with Crippen molar-refractivity contribution in [3.63, 3.8) is 0 Å². The molecule has 1 N–H and O–H groups in total. The van der Waals surface area contributed by atoms with E-state index >= 15 is 0 Å². The zero-order valence-electron chi connectivity index (χ0n) is 11.2. The molecule has 0 saturated carbocycles. The molecule has 0 spiro atoms. The summed E-state index contributed by atoms with van der Waals surface area (Å²) in [5.74, 6) is -0.132. The summed E-state index contributed by atoms with van der Waals surface area (Å²) in [7, 11) is 4.13. The Balaban J connectivity index is 2.49. The molecule has 1 rings (SSSR count). The van der Waals surface area contributed by atoms with Crippen molar-refractivity contribution >= 4 is 0 Å². The minimum atomic E-state index is -0.132. The normalized spacial score (nSPS) is 14.9. The Kier molecular flexibility index (Phi) is 5.59. The number of hydrogen-bond donors (Lipinski definition) is 1. The summed E-state index contributed by atoms with van der Waals surface area (Å²) in [6.07, 6.45) is 1.06. The van der Waals surface area contributed by atoms with Crippen molar-refractivity contribution in [2.75, 3.05) is 20.6 Å². The van der Waals surface area contributed by atoms with E-state index in [0.717, 1.165) is 18.5 Å². The molecule has 0 aliphatic heterocycles. The number of hydrogen-bond acceptors (Lipinski definition) is 2. The summed E-state index contributed by atoms with van der Waals surface area (Å²) in [4.78, 5) is 2.16. The lowest BCUT2D eigenvalue weighted by Crippen LogP contribution is -2.32. The SMILES string of the molecule is CC(CCN(C)C)NC(C)c1ccccc1F. The van der Waals surface area contributed by atoms with Gasteiger partial charge in [-0.3, -0.25) is 0 Å². The van der Waals surface area contributed by atoms with Crippen molar-refractivity contribution in [1.29, 1.82) is 0 Å². The van der Waals surface area contributed by atoms with Gasteiger partial charge in [0.1, 0.15) is 5.82 Å². The highest BCUT2D eigenvalue weighted by Crippen LogP contribution is 2.16. The molecule has 0 aliphatic rings. The van der Waals surface area contributed by atoms with Crippen molar-refractivity contribution < 1.29 is 4.39 Å². The molecular weight excluding hydrogens is 215 g/mol. The summed E-state index contributed by atoms with van der Waals surface area (Å²) in [5, 5.41) is 3.43. The van der Waals surface area contributed by atoms with E-state index in [9.17, 15) is 4.39 Å². The summed E-state index contributed by atoms with van der Waals surface area (Å²) in [6, 6.07) is 7.38. The van der Waals surface area contributed by atoms with Gasteiger partial charge in [0.15, 0.2) is 0 Å². The fraction of sp³-hybridized carbons (Fsp3) is 0.571. The quantitative estimate of drug-likeness (QED) is 0.820. The van der Waals surface area contributed by atoms with Gasteiger partial charge in [0, 0.05) is 17.6 Å². The van der Waals surface area contributed by atoms with Gasteiger partial charge in [0.25, 0.3) is 0 Å². The Labute approximate surface area is 104 Å². The van der Waals surface area contributed by atoms with Crippen LogP contribution in [0.4, 0.5) is 4.39 Å². The zero-order valence-corrected chi connectivity index (χ0v) is 11.2. The summed E-state index contributed by atoms with van der Waals surface area (Å²) in [5.41, 5.74) is 0.740. The van der Waals surface area contributed by atoms with Crippen molar-refractivity contribution in [3.05, 3.63) is 35.6 Å². The van der Waals surface area contributed by atoms with Gasteiger partial charge in [-0.05, 0) is 47.0 Å². The average molecular weight is 238 g/mol. The summed E-state index contributed by atoms with van der Waals surface area (Å²) < 4.78 is 13.6. The van der Waals surface area contributed by atoms with Gasteiger partial charge < -0.3 is 10.2 Å². The van der Waals surface area contributed by atoms with Gasteiger partial charge >= 0.3 is 0 Å². The molecule has 0 amide bonds. The van der Waals surface area contributed by atoms with Gasteiger partial charge in [-0.25, -0.2) is 4.39 Å². The minimum Gasteiger partial charge on any atom is -0.309 e. The van der Waals surface area contributed by atoms with Crippen LogP contribution in [0.5, 0.6) is 0 Å². The predicted octanol–water partition coefficient (Wildman–Crippen LogP) is 2.82. The zero-order chi connectivity index (χ0) is 12.8. The highest BCUT2D eigenvalue weighted by Gasteiger charge is 2.12. The van der Waals surface area contributed by atoms with Crippen LogP contribution in [0.15, 0.2) is 24.3 Å². The number of benzene rings is 1. The van der Waals surface area contributed by atoms with Crippen LogP contribution in [0.3, 0.4) is 0 Å². The number of rotatable bonds is 6. The first-order chi connectivity index (χ1) is 8.00. The monoisotopic (exact) mass is 238 g/mol. The Morgan fingerprint density at radius 1 is 1.24 bits per heavy atom. The van der Waals surface area contributed by atoms with Crippen molar-refractivity contribution in [2.45, 2.75) is 32.4 Å². The lowest BCUT2D eigenvalue weighted by molar-refractivity contribution is 0.352. The Hall–Kier alpha value is -0.930. The molecule has 0 bridgehead atoms. The van der Waals surface area contributed by atoms with E-state index in [2.05, 4.69) is 31.2 Å². The number of nitrogens with one attached hydrogen (secondary N) is 1. The van der Waals surface area contributed by atoms with Crippen LogP contribution < -0.4 is 5.32 Å². The molecule has 96 valence electrons. The van der Waals surface area contributed by atoms with Crippen LogP contribution in [0, 0.1) is 5.82 Å². The second kappa shape index (κ2) is 6.72. The summed E-state index contributed by atoms with van der Waals surface area (Å²) in [6.45, 7) is 5.18. The highest BCUT2D eigenvalue weighted by molar-refractivity contribution is 5.20. The third-order valence-electron chi connectivity index (χ3n) is 2.92. The van der Waals surface area contributed by atoms with Crippen LogP contribution in [0.2, 0.25) is 0 Å². The van der Waals surface area contributed by atoms with Crippen LogP contribution in [0.25, 0.3) is 0 Å². The van der Waals surface area contributed by atoms with E-state index in [-0.39, 0.29) is 11.9 Å². The topological polar surface area (TPSA) is 15.3 Å². The van der Waals surface area contributed by atoms with E-state index < -0.39 is 0 Å². The molecule has 0 heterocycles. The molecule has 1 aromatic carbocycles. The van der Waals surface area contributed by atoms with E-state index in [0.29, 0.717) is 6.04 Å². The van der Waals surface area contributed by atoms with Crippen LogP contribution in [-0.2, 0) is 0 Å². The maximum Gasteiger partial charge on any atom is 0.127 e. The Bertz CT molecular complexity index is 339. The van der Waals surface area contributed by atoms with E-state index in [1.807, 2.05) is 19.1 Å². The molecule has 0 aromatic heterocycles. The molecule has 17 heavy (non-hydrogen) atoms. The first-order valence-corrected chi connectivity index (χ1v) is 6.16. The van der Waals surface area contributed by atoms with Gasteiger partial charge in [-0.2, -0.15) is 0 Å². The Morgan fingerprint density at radius 3 is 2.47 bits per heavy atom. The molecule has 2 unspecified atom stereocenters. The predicted molar refractivity (Wildman–Crippen MR) is 70.6 cm³/mol. The fourth-order valence-electron chi connectivity index (χ4n) is 1.88. The highest BCUT2D eigenvalue weighted by atomic mass is 19.1. The van der Waals surface area contributed by atoms with E-state index in [1.165, 1.54) is 6.07 Å². The van der Waals surface area contributed by atoms with Gasteiger partial charge in [-0.15, -0.1) is 0 Å². The second-order valence-corrected chi connectivity index (χ2v) is 4.90. The van der Waals surface area contributed by atoms with Gasteiger partial charge in [0.2, 0.25) is 0 Å². The molecule has 0 saturated heterocycles. The van der Waals surface area contributed by atoms with Crippen LogP contribution in [0.1, 0.15) is 31.9 Å². The molecule has 0 fully saturated rings.